The number of fused-ring (bicyclic) bond motifs is 1. The number of alkyl halides is 3. The Kier molecular flexibility index (Phi) is 5.70. The average Bonchev–Trinajstić information content (AvgIpc) is 3.22. The summed E-state index contributed by atoms with van der Waals surface area (Å²) >= 11 is 0. The van der Waals surface area contributed by atoms with Gasteiger partial charge < -0.3 is 10.2 Å². The van der Waals surface area contributed by atoms with Gasteiger partial charge in [0.25, 0.3) is 0 Å². The van der Waals surface area contributed by atoms with E-state index in [1.54, 1.807) is 0 Å². The first-order valence-corrected chi connectivity index (χ1v) is 9.75. The molecule has 0 fully saturated rings. The number of nitrogens with zero attached hydrogens (tertiary/aromatic N) is 3. The fraction of sp³-hybridized carbons (Fsp3) is 0.0833. The van der Waals surface area contributed by atoms with Gasteiger partial charge in [0.1, 0.15) is 17.4 Å². The number of aromatic nitrogens is 2. The van der Waals surface area contributed by atoms with Crippen LogP contribution in [0.1, 0.15) is 16.7 Å². The van der Waals surface area contributed by atoms with Crippen molar-refractivity contribution in [1.29, 1.82) is 0 Å². The van der Waals surface area contributed by atoms with Gasteiger partial charge in [-0.3, -0.25) is 4.99 Å². The number of aliphatic imine (C=N–C) groups is 1. The predicted octanol–water partition coefficient (Wildman–Crippen LogP) is 5.66. The Hall–Kier alpha value is -4.05. The van der Waals surface area contributed by atoms with Crippen molar-refractivity contribution in [2.24, 2.45) is 4.99 Å². The molecule has 2 N–H and O–H groups in total. The molecule has 34 heavy (non-hydrogen) atoms. The summed E-state index contributed by atoms with van der Waals surface area (Å²) in [7, 11) is 0. The number of aliphatic hydroxyl groups excluding tert-OH is 1. The highest BCUT2D eigenvalue weighted by molar-refractivity contribution is 5.81. The Balaban J connectivity index is 1.88. The van der Waals surface area contributed by atoms with E-state index in [0.29, 0.717) is 23.3 Å². The fourth-order valence-corrected chi connectivity index (χ4v) is 3.64. The molecule has 0 aliphatic heterocycles. The molecule has 0 aliphatic carbocycles. The monoisotopic (exact) mass is 473 g/mol. The van der Waals surface area contributed by atoms with E-state index in [2.05, 4.69) is 16.8 Å². The molecule has 0 spiro atoms. The van der Waals surface area contributed by atoms with E-state index >= 15 is 0 Å². The van der Waals surface area contributed by atoms with Crippen molar-refractivity contribution in [3.8, 4) is 5.69 Å². The first-order valence-electron chi connectivity index (χ1n) is 9.75. The van der Waals surface area contributed by atoms with Gasteiger partial charge in [-0.25, -0.2) is 13.5 Å². The van der Waals surface area contributed by atoms with E-state index in [4.69, 9.17) is 0 Å². The smallest absolute Gasteiger partial charge is 0.425 e. The van der Waals surface area contributed by atoms with Crippen molar-refractivity contribution in [3.05, 3.63) is 101 Å². The van der Waals surface area contributed by atoms with Crippen LogP contribution in [0, 0.1) is 11.6 Å². The van der Waals surface area contributed by atoms with Gasteiger partial charge >= 0.3 is 6.18 Å². The fourth-order valence-electron chi connectivity index (χ4n) is 3.64. The molecule has 174 valence electrons. The normalized spacial score (nSPS) is 14.2. The molecular weight excluding hydrogens is 457 g/mol. The maximum atomic E-state index is 14.3. The summed E-state index contributed by atoms with van der Waals surface area (Å²) in [6, 6.07) is 11.1. The van der Waals surface area contributed by atoms with Crippen molar-refractivity contribution in [3.63, 3.8) is 0 Å². The summed E-state index contributed by atoms with van der Waals surface area (Å²) in [5, 5.41) is 25.3. The van der Waals surface area contributed by atoms with Crippen LogP contribution in [0.25, 0.3) is 22.3 Å². The van der Waals surface area contributed by atoms with Gasteiger partial charge in [0.15, 0.2) is 0 Å². The van der Waals surface area contributed by atoms with E-state index in [-0.39, 0.29) is 5.39 Å². The molecule has 0 aliphatic rings. The summed E-state index contributed by atoms with van der Waals surface area (Å²) in [6.07, 6.45) is -3.14. The number of aliphatic hydroxyl groups is 2. The molecule has 10 heteroatoms. The van der Waals surface area contributed by atoms with Gasteiger partial charge in [0, 0.05) is 5.39 Å². The number of hydrogen-bond donors (Lipinski definition) is 2. The summed E-state index contributed by atoms with van der Waals surface area (Å²) < 4.78 is 71.6. The molecule has 1 heterocycles. The minimum Gasteiger partial charge on any atom is -0.506 e. The zero-order chi connectivity index (χ0) is 24.7. The highest BCUT2D eigenvalue weighted by Crippen LogP contribution is 2.45. The van der Waals surface area contributed by atoms with Crippen molar-refractivity contribution in [2.75, 3.05) is 0 Å². The molecule has 4 rings (SSSR count). The van der Waals surface area contributed by atoms with Crippen LogP contribution in [-0.4, -0.2) is 32.9 Å². The topological polar surface area (TPSA) is 70.6 Å². The van der Waals surface area contributed by atoms with Crippen LogP contribution in [0.5, 0.6) is 0 Å². The molecule has 0 radical (unpaired) electrons. The third-order valence-corrected chi connectivity index (χ3v) is 5.34. The molecule has 0 bridgehead atoms. The number of benzene rings is 3. The summed E-state index contributed by atoms with van der Waals surface area (Å²) in [5.41, 5.74) is -4.49. The second-order valence-electron chi connectivity index (χ2n) is 7.41. The van der Waals surface area contributed by atoms with E-state index < -0.39 is 45.9 Å². The van der Waals surface area contributed by atoms with Crippen LogP contribution in [0.2, 0.25) is 0 Å². The quantitative estimate of drug-likeness (QED) is 0.223. The molecule has 0 saturated carbocycles. The lowest BCUT2D eigenvalue weighted by Crippen LogP contribution is -2.43. The van der Waals surface area contributed by atoms with E-state index in [1.807, 2.05) is 0 Å². The van der Waals surface area contributed by atoms with Crippen molar-refractivity contribution >= 4 is 23.4 Å². The molecule has 5 nitrogen and oxygen atoms in total. The molecule has 4 aromatic rings. The lowest BCUT2D eigenvalue weighted by atomic mass is 9.84. The Morgan fingerprint density at radius 3 is 2.26 bits per heavy atom. The molecule has 1 unspecified atom stereocenters. The van der Waals surface area contributed by atoms with Crippen LogP contribution in [-0.2, 0) is 5.60 Å². The van der Waals surface area contributed by atoms with Crippen molar-refractivity contribution < 1.29 is 32.2 Å². The molecule has 0 saturated heterocycles. The van der Waals surface area contributed by atoms with Crippen LogP contribution in [0.15, 0.2) is 78.1 Å². The number of halogens is 5. The summed E-state index contributed by atoms with van der Waals surface area (Å²) in [6.45, 7) is 3.11. The van der Waals surface area contributed by atoms with Gasteiger partial charge in [0.2, 0.25) is 5.60 Å². The van der Waals surface area contributed by atoms with Crippen LogP contribution in [0.4, 0.5) is 22.0 Å². The zero-order valence-electron chi connectivity index (χ0n) is 17.3. The van der Waals surface area contributed by atoms with Crippen molar-refractivity contribution in [2.45, 2.75) is 11.8 Å². The Bertz CT molecular complexity index is 1410. The maximum absolute atomic E-state index is 14.3. The highest BCUT2D eigenvalue weighted by Gasteiger charge is 2.56. The van der Waals surface area contributed by atoms with Crippen LogP contribution < -0.4 is 0 Å². The minimum atomic E-state index is -5.21. The van der Waals surface area contributed by atoms with Gasteiger partial charge in [-0.1, -0.05) is 12.1 Å². The molecule has 1 aromatic heterocycles. The standard InChI is InChI=1S/C24H16F5N3O2/c1-30-13-22(33)19-11-16(2-8-20(19)26)23(34,24(27,28)29)15-3-9-21-14(10-15)12-31-32(21)18-6-4-17(25)5-7-18/h2-13,33-34H,1H2/b22-13-. The third kappa shape index (κ3) is 3.81. The summed E-state index contributed by atoms with van der Waals surface area (Å²) in [5.74, 6) is -2.22. The lowest BCUT2D eigenvalue weighted by molar-refractivity contribution is -0.248. The molecular formula is C24H16F5N3O2. The Morgan fingerprint density at radius 2 is 1.62 bits per heavy atom. The zero-order valence-corrected chi connectivity index (χ0v) is 17.3. The summed E-state index contributed by atoms with van der Waals surface area (Å²) in [4.78, 5) is 3.27. The molecule has 3 aromatic carbocycles. The largest absolute Gasteiger partial charge is 0.506 e. The van der Waals surface area contributed by atoms with Gasteiger partial charge in [-0.15, -0.1) is 0 Å². The van der Waals surface area contributed by atoms with E-state index in [0.717, 1.165) is 24.4 Å². The third-order valence-electron chi connectivity index (χ3n) is 5.34. The van der Waals surface area contributed by atoms with Gasteiger partial charge in [0.05, 0.1) is 29.2 Å². The van der Waals surface area contributed by atoms with Crippen molar-refractivity contribution in [1.82, 2.24) is 9.78 Å². The number of rotatable bonds is 5. The highest BCUT2D eigenvalue weighted by atomic mass is 19.4. The van der Waals surface area contributed by atoms with E-state index in [1.165, 1.54) is 41.2 Å². The van der Waals surface area contributed by atoms with E-state index in [9.17, 15) is 32.2 Å². The maximum Gasteiger partial charge on any atom is 0.425 e. The molecule has 0 amide bonds. The van der Waals surface area contributed by atoms with Gasteiger partial charge in [-0.2, -0.15) is 18.3 Å². The van der Waals surface area contributed by atoms with Crippen LogP contribution >= 0.6 is 0 Å². The van der Waals surface area contributed by atoms with Gasteiger partial charge in [-0.05, 0) is 66.4 Å². The Morgan fingerprint density at radius 1 is 0.971 bits per heavy atom. The number of hydrogen-bond acceptors (Lipinski definition) is 4. The first kappa shape index (κ1) is 23.1. The second kappa shape index (κ2) is 8.38. The average molecular weight is 473 g/mol. The predicted molar refractivity (Wildman–Crippen MR) is 117 cm³/mol. The molecule has 1 atom stereocenters. The lowest BCUT2D eigenvalue weighted by Gasteiger charge is -2.32. The van der Waals surface area contributed by atoms with Crippen LogP contribution in [0.3, 0.4) is 0 Å². The second-order valence-corrected chi connectivity index (χ2v) is 7.41. The first-order chi connectivity index (χ1) is 16.1. The SMILES string of the molecule is C=N/C=C(\O)c1cc(C(O)(c2ccc3c(cnn3-c3ccc(F)cc3)c2)C(F)(F)F)ccc1F. The Labute approximate surface area is 189 Å². The minimum absolute atomic E-state index is 0.269.